The molecule has 31 heavy (non-hydrogen) atoms. The lowest BCUT2D eigenvalue weighted by molar-refractivity contribution is -0.142. The number of carbonyl (C=O) groups is 1. The standard InChI is InChI=1S/C21H14Cl2F3N3OS/c22-12-7-13(23)9-14(8-12)27-17(30)10-31-20-28-18-15-4-2-1-3-11(15)5-6-16(18)19(29-20)21(24,25)26/h1-4,7-9H,5-6,10H2,(H,27,30). The van der Waals surface area contributed by atoms with Gasteiger partial charge in [0.05, 0.1) is 11.4 Å². The van der Waals surface area contributed by atoms with Gasteiger partial charge in [-0.05, 0) is 36.6 Å². The Bertz CT molecular complexity index is 1150. The highest BCUT2D eigenvalue weighted by Crippen LogP contribution is 2.40. The lowest BCUT2D eigenvalue weighted by Gasteiger charge is -2.22. The number of halogens is 5. The number of rotatable bonds is 4. The predicted molar refractivity (Wildman–Crippen MR) is 116 cm³/mol. The van der Waals surface area contributed by atoms with E-state index in [0.29, 0.717) is 27.7 Å². The second kappa shape index (κ2) is 8.68. The summed E-state index contributed by atoms with van der Waals surface area (Å²) >= 11 is 12.6. The largest absolute Gasteiger partial charge is 0.433 e. The zero-order valence-electron chi connectivity index (χ0n) is 15.8. The van der Waals surface area contributed by atoms with E-state index in [-0.39, 0.29) is 28.6 Å². The number of aromatic nitrogens is 2. The van der Waals surface area contributed by atoms with E-state index in [0.717, 1.165) is 17.3 Å². The summed E-state index contributed by atoms with van der Waals surface area (Å²) in [5, 5.41) is 3.20. The van der Waals surface area contributed by atoms with Crippen molar-refractivity contribution in [3.63, 3.8) is 0 Å². The third kappa shape index (κ3) is 4.97. The fraction of sp³-hybridized carbons (Fsp3) is 0.190. The first-order valence-electron chi connectivity index (χ1n) is 9.16. The molecule has 0 aliphatic heterocycles. The SMILES string of the molecule is O=C(CSc1nc2c(c(C(F)(F)F)n1)CCc1ccccc1-2)Nc1cc(Cl)cc(Cl)c1. The number of fused-ring (bicyclic) bond motifs is 3. The molecule has 1 N–H and O–H groups in total. The van der Waals surface area contributed by atoms with E-state index in [1.807, 2.05) is 12.1 Å². The van der Waals surface area contributed by atoms with Crippen LogP contribution in [-0.2, 0) is 23.8 Å². The molecule has 10 heteroatoms. The highest BCUT2D eigenvalue weighted by atomic mass is 35.5. The molecule has 0 bridgehead atoms. The Kier molecular flexibility index (Phi) is 6.14. The molecule has 0 fully saturated rings. The lowest BCUT2D eigenvalue weighted by atomic mass is 9.88. The van der Waals surface area contributed by atoms with Crippen LogP contribution in [0.2, 0.25) is 10.0 Å². The van der Waals surface area contributed by atoms with E-state index in [4.69, 9.17) is 23.2 Å². The Balaban J connectivity index is 1.60. The zero-order chi connectivity index (χ0) is 22.2. The molecule has 1 aromatic heterocycles. The Morgan fingerprint density at radius 1 is 1.06 bits per heavy atom. The van der Waals surface area contributed by atoms with Crippen LogP contribution in [0.3, 0.4) is 0 Å². The van der Waals surface area contributed by atoms with Crippen LogP contribution >= 0.6 is 35.0 Å². The van der Waals surface area contributed by atoms with E-state index in [2.05, 4.69) is 15.3 Å². The van der Waals surface area contributed by atoms with Gasteiger partial charge in [0.25, 0.3) is 0 Å². The summed E-state index contributed by atoms with van der Waals surface area (Å²) in [5.41, 5.74) is 1.41. The minimum atomic E-state index is -4.62. The van der Waals surface area contributed by atoms with Crippen LogP contribution in [0.15, 0.2) is 47.6 Å². The summed E-state index contributed by atoms with van der Waals surface area (Å²) in [6.45, 7) is 0. The molecule has 0 spiro atoms. The predicted octanol–water partition coefficient (Wildman–Crippen LogP) is 6.30. The average molecular weight is 484 g/mol. The molecule has 0 atom stereocenters. The van der Waals surface area contributed by atoms with E-state index >= 15 is 0 Å². The minimum absolute atomic E-state index is 0.0913. The lowest BCUT2D eigenvalue weighted by Crippen LogP contribution is -2.19. The van der Waals surface area contributed by atoms with Crippen molar-refractivity contribution in [2.24, 2.45) is 0 Å². The minimum Gasteiger partial charge on any atom is -0.325 e. The van der Waals surface area contributed by atoms with Gasteiger partial charge >= 0.3 is 6.18 Å². The topological polar surface area (TPSA) is 54.9 Å². The number of hydrogen-bond donors (Lipinski definition) is 1. The van der Waals surface area contributed by atoms with Gasteiger partial charge in [-0.1, -0.05) is 59.2 Å². The maximum Gasteiger partial charge on any atom is 0.433 e. The van der Waals surface area contributed by atoms with Crippen LogP contribution in [0.25, 0.3) is 11.3 Å². The molecule has 0 radical (unpaired) electrons. The molecule has 1 aliphatic carbocycles. The number of nitrogens with one attached hydrogen (secondary N) is 1. The summed E-state index contributed by atoms with van der Waals surface area (Å²) in [6.07, 6.45) is -3.91. The molecule has 3 aromatic rings. The Hall–Kier alpha value is -2.29. The molecule has 4 nitrogen and oxygen atoms in total. The summed E-state index contributed by atoms with van der Waals surface area (Å²) in [5.74, 6) is -0.624. The molecule has 1 heterocycles. The molecule has 2 aromatic carbocycles. The van der Waals surface area contributed by atoms with E-state index in [1.54, 1.807) is 12.1 Å². The normalized spacial score (nSPS) is 12.8. The molecule has 0 saturated heterocycles. The number of aryl methyl sites for hydroxylation is 1. The third-order valence-corrected chi connectivity index (χ3v) is 5.93. The van der Waals surface area contributed by atoms with Gasteiger partial charge in [0, 0.05) is 26.9 Å². The third-order valence-electron chi connectivity index (χ3n) is 4.65. The molecule has 1 aliphatic rings. The first-order chi connectivity index (χ1) is 14.7. The van der Waals surface area contributed by atoms with Crippen LogP contribution < -0.4 is 5.32 Å². The second-order valence-corrected chi connectivity index (χ2v) is 8.65. The molecule has 0 saturated carbocycles. The fourth-order valence-electron chi connectivity index (χ4n) is 3.40. The first kappa shape index (κ1) is 21.9. The molecular weight excluding hydrogens is 470 g/mol. The van der Waals surface area contributed by atoms with Crippen molar-refractivity contribution in [3.05, 3.63) is 69.3 Å². The van der Waals surface area contributed by atoms with Crippen LogP contribution in [-0.4, -0.2) is 21.6 Å². The van der Waals surface area contributed by atoms with Crippen LogP contribution in [0.1, 0.15) is 16.8 Å². The second-order valence-electron chi connectivity index (χ2n) is 6.83. The Morgan fingerprint density at radius 2 is 1.77 bits per heavy atom. The van der Waals surface area contributed by atoms with Gasteiger partial charge in [0.15, 0.2) is 10.9 Å². The summed E-state index contributed by atoms with van der Waals surface area (Å²) < 4.78 is 41.1. The van der Waals surface area contributed by atoms with Gasteiger partial charge in [-0.25, -0.2) is 9.97 Å². The number of alkyl halides is 3. The van der Waals surface area contributed by atoms with Crippen molar-refractivity contribution in [1.82, 2.24) is 9.97 Å². The highest BCUT2D eigenvalue weighted by molar-refractivity contribution is 7.99. The van der Waals surface area contributed by atoms with Crippen molar-refractivity contribution in [1.29, 1.82) is 0 Å². The molecule has 1 amide bonds. The van der Waals surface area contributed by atoms with E-state index in [1.165, 1.54) is 18.2 Å². The van der Waals surface area contributed by atoms with Gasteiger partial charge in [-0.2, -0.15) is 13.2 Å². The highest BCUT2D eigenvalue weighted by Gasteiger charge is 2.38. The molecule has 0 unspecified atom stereocenters. The van der Waals surface area contributed by atoms with Crippen LogP contribution in [0.5, 0.6) is 0 Å². The maximum absolute atomic E-state index is 13.7. The van der Waals surface area contributed by atoms with E-state index < -0.39 is 17.8 Å². The summed E-state index contributed by atoms with van der Waals surface area (Å²) in [4.78, 5) is 20.4. The monoisotopic (exact) mass is 483 g/mol. The zero-order valence-corrected chi connectivity index (χ0v) is 18.1. The van der Waals surface area contributed by atoms with Crippen LogP contribution in [0, 0.1) is 0 Å². The maximum atomic E-state index is 13.7. The molecule has 4 rings (SSSR count). The Morgan fingerprint density at radius 3 is 2.48 bits per heavy atom. The number of carbonyl (C=O) groups excluding carboxylic acids is 1. The fourth-order valence-corrected chi connectivity index (χ4v) is 4.57. The number of anilines is 1. The molecular formula is C21H14Cl2F3N3OS. The van der Waals surface area contributed by atoms with Crippen molar-refractivity contribution in [2.75, 3.05) is 11.1 Å². The number of nitrogens with zero attached hydrogens (tertiary/aromatic N) is 2. The number of hydrogen-bond acceptors (Lipinski definition) is 4. The summed E-state index contributed by atoms with van der Waals surface area (Å²) in [6, 6.07) is 11.8. The number of benzene rings is 2. The van der Waals surface area contributed by atoms with E-state index in [9.17, 15) is 18.0 Å². The quantitative estimate of drug-likeness (QED) is 0.349. The van der Waals surface area contributed by atoms with Crippen molar-refractivity contribution in [2.45, 2.75) is 24.2 Å². The van der Waals surface area contributed by atoms with Gasteiger partial charge < -0.3 is 5.32 Å². The van der Waals surface area contributed by atoms with Crippen molar-refractivity contribution in [3.8, 4) is 11.3 Å². The van der Waals surface area contributed by atoms with Gasteiger partial charge in [0.1, 0.15) is 0 Å². The molecule has 160 valence electrons. The first-order valence-corrected chi connectivity index (χ1v) is 10.9. The van der Waals surface area contributed by atoms with Crippen LogP contribution in [0.4, 0.5) is 18.9 Å². The number of thioether (sulfide) groups is 1. The van der Waals surface area contributed by atoms with Gasteiger partial charge in [0.2, 0.25) is 5.91 Å². The number of amides is 1. The summed E-state index contributed by atoms with van der Waals surface area (Å²) in [7, 11) is 0. The smallest absolute Gasteiger partial charge is 0.325 e. The van der Waals surface area contributed by atoms with Gasteiger partial charge in [-0.15, -0.1) is 0 Å². The Labute approximate surface area is 190 Å². The van der Waals surface area contributed by atoms with Gasteiger partial charge in [-0.3, -0.25) is 4.79 Å². The average Bonchev–Trinajstić information content (AvgIpc) is 2.70. The van der Waals surface area contributed by atoms with Crippen molar-refractivity contribution >= 4 is 46.6 Å². The van der Waals surface area contributed by atoms with Crippen molar-refractivity contribution < 1.29 is 18.0 Å².